The molecule has 4 aromatic rings. The van der Waals surface area contributed by atoms with Crippen molar-refractivity contribution in [1.29, 1.82) is 5.26 Å². The quantitative estimate of drug-likeness (QED) is 0.367. The van der Waals surface area contributed by atoms with Gasteiger partial charge in [-0.25, -0.2) is 14.6 Å². The van der Waals surface area contributed by atoms with Crippen LogP contribution in [0.3, 0.4) is 0 Å². The number of anilines is 1. The van der Waals surface area contributed by atoms with Crippen molar-refractivity contribution >= 4 is 22.8 Å². The van der Waals surface area contributed by atoms with E-state index in [2.05, 4.69) is 26.3 Å². The summed E-state index contributed by atoms with van der Waals surface area (Å²) >= 11 is 0. The van der Waals surface area contributed by atoms with E-state index < -0.39 is 0 Å². The predicted molar refractivity (Wildman–Crippen MR) is 144 cm³/mol. The molecule has 2 aromatic carbocycles. The minimum Gasteiger partial charge on any atom is -0.496 e. The summed E-state index contributed by atoms with van der Waals surface area (Å²) < 4.78 is 7.27. The molecule has 2 aromatic heterocycles. The molecule has 1 aliphatic heterocycles. The molecule has 10 heteroatoms. The topological polar surface area (TPSA) is 135 Å². The van der Waals surface area contributed by atoms with Gasteiger partial charge in [-0.3, -0.25) is 4.79 Å². The average molecular weight is 511 g/mol. The first-order chi connectivity index (χ1) is 18.6. The number of nitriles is 1. The largest absolute Gasteiger partial charge is 0.496 e. The highest BCUT2D eigenvalue weighted by Crippen LogP contribution is 2.33. The molecule has 38 heavy (non-hydrogen) atoms. The number of nitrogens with zero attached hydrogens (tertiary/aromatic N) is 6. The first kappa shape index (κ1) is 25.2. The van der Waals surface area contributed by atoms with Gasteiger partial charge in [0.05, 0.1) is 30.2 Å². The van der Waals surface area contributed by atoms with Gasteiger partial charge in [-0.1, -0.05) is 36.4 Å². The smallest absolute Gasteiger partial charge is 0.255 e. The highest BCUT2D eigenvalue weighted by atomic mass is 16.5. The SMILES string of the molecule is COc1ccccc1C(=O)NCc1ccc(-c2nn([C@@H]3CCCN(CCC#N)C3)c3ncnc(N)c23)cc1. The van der Waals surface area contributed by atoms with Crippen LogP contribution in [0.15, 0.2) is 54.9 Å². The monoisotopic (exact) mass is 510 g/mol. The molecular weight excluding hydrogens is 480 g/mol. The Morgan fingerprint density at radius 1 is 1.21 bits per heavy atom. The maximum Gasteiger partial charge on any atom is 0.255 e. The van der Waals surface area contributed by atoms with Gasteiger partial charge in [0.1, 0.15) is 23.6 Å². The van der Waals surface area contributed by atoms with E-state index in [1.54, 1.807) is 19.2 Å². The first-order valence-electron chi connectivity index (χ1n) is 12.7. The molecule has 0 aliphatic carbocycles. The lowest BCUT2D eigenvalue weighted by molar-refractivity contribution is 0.0948. The molecule has 1 atom stereocenters. The number of aromatic nitrogens is 4. The van der Waals surface area contributed by atoms with E-state index in [1.807, 2.05) is 41.1 Å². The number of methoxy groups -OCH3 is 1. The number of carbonyl (C=O) groups excluding carboxylic acids is 1. The summed E-state index contributed by atoms with van der Waals surface area (Å²) in [5.74, 6) is 0.729. The van der Waals surface area contributed by atoms with Crippen LogP contribution >= 0.6 is 0 Å². The molecule has 0 radical (unpaired) electrons. The van der Waals surface area contributed by atoms with Gasteiger partial charge in [0.15, 0.2) is 5.65 Å². The van der Waals surface area contributed by atoms with Crippen LogP contribution in [0.2, 0.25) is 0 Å². The van der Waals surface area contributed by atoms with Crippen LogP contribution in [0.1, 0.15) is 41.2 Å². The van der Waals surface area contributed by atoms with E-state index in [1.165, 1.54) is 6.33 Å². The number of piperidine rings is 1. The third kappa shape index (κ3) is 5.14. The van der Waals surface area contributed by atoms with Crippen LogP contribution in [0.5, 0.6) is 5.75 Å². The Hall–Kier alpha value is -4.49. The lowest BCUT2D eigenvalue weighted by Crippen LogP contribution is -2.37. The minimum atomic E-state index is -0.197. The zero-order valence-corrected chi connectivity index (χ0v) is 21.3. The molecule has 0 spiro atoms. The average Bonchev–Trinajstić information content (AvgIpc) is 3.36. The van der Waals surface area contributed by atoms with Gasteiger partial charge < -0.3 is 20.7 Å². The fourth-order valence-electron chi connectivity index (χ4n) is 4.98. The highest BCUT2D eigenvalue weighted by Gasteiger charge is 2.26. The Morgan fingerprint density at radius 3 is 2.82 bits per heavy atom. The van der Waals surface area contributed by atoms with E-state index >= 15 is 0 Å². The van der Waals surface area contributed by atoms with Crippen molar-refractivity contribution in [2.24, 2.45) is 0 Å². The third-order valence-electron chi connectivity index (χ3n) is 6.92. The van der Waals surface area contributed by atoms with Gasteiger partial charge in [-0.15, -0.1) is 0 Å². The lowest BCUT2D eigenvalue weighted by atomic mass is 10.1. The molecule has 3 N–H and O–H groups in total. The van der Waals surface area contributed by atoms with Crippen molar-refractivity contribution in [2.75, 3.05) is 32.5 Å². The standard InChI is InChI=1S/C28H30N8O2/c1-38-23-8-3-2-7-22(23)28(37)31-16-19-9-11-20(12-10-19)25-24-26(30)32-18-33-27(24)36(34-25)21-6-4-14-35(17-21)15-5-13-29/h2-3,7-12,18,21H,4-6,14-17H2,1H3,(H,31,37)(H2,30,32,33)/t21-/m1/s1. The molecule has 1 saturated heterocycles. The lowest BCUT2D eigenvalue weighted by Gasteiger charge is -2.32. The number of carbonyl (C=O) groups is 1. The van der Waals surface area contributed by atoms with Crippen molar-refractivity contribution in [2.45, 2.75) is 31.8 Å². The molecule has 1 aliphatic rings. The molecule has 3 heterocycles. The van der Waals surface area contributed by atoms with Crippen molar-refractivity contribution in [3.05, 3.63) is 66.0 Å². The number of nitrogens with one attached hydrogen (secondary N) is 1. The molecule has 1 amide bonds. The second kappa shape index (κ2) is 11.3. The number of ether oxygens (including phenoxy) is 1. The number of nitrogen functional groups attached to an aromatic ring is 1. The number of para-hydroxylation sites is 1. The second-order valence-corrected chi connectivity index (χ2v) is 9.34. The highest BCUT2D eigenvalue weighted by molar-refractivity contribution is 5.98. The van der Waals surface area contributed by atoms with Gasteiger partial charge in [-0.05, 0) is 37.1 Å². The molecule has 0 saturated carbocycles. The number of hydrogen-bond acceptors (Lipinski definition) is 8. The Balaban J connectivity index is 1.37. The molecule has 1 fully saturated rings. The Kier molecular flexibility index (Phi) is 7.47. The summed E-state index contributed by atoms with van der Waals surface area (Å²) in [6, 6.07) is 17.4. The fourth-order valence-corrected chi connectivity index (χ4v) is 4.98. The van der Waals surface area contributed by atoms with Crippen molar-refractivity contribution < 1.29 is 9.53 Å². The summed E-state index contributed by atoms with van der Waals surface area (Å²) in [4.78, 5) is 23.7. The first-order valence-corrected chi connectivity index (χ1v) is 12.7. The molecule has 0 unspecified atom stereocenters. The summed E-state index contributed by atoms with van der Waals surface area (Å²) in [5.41, 5.74) is 10.1. The number of hydrogen-bond donors (Lipinski definition) is 2. The van der Waals surface area contributed by atoms with Gasteiger partial charge in [0.25, 0.3) is 5.91 Å². The molecule has 194 valence electrons. The third-order valence-corrected chi connectivity index (χ3v) is 6.92. The van der Waals surface area contributed by atoms with Crippen molar-refractivity contribution in [3.63, 3.8) is 0 Å². The fraction of sp³-hybridized carbons (Fsp3) is 0.321. The van der Waals surface area contributed by atoms with Crippen LogP contribution in [0, 0.1) is 11.3 Å². The number of likely N-dealkylation sites (tertiary alicyclic amines) is 1. The summed E-state index contributed by atoms with van der Waals surface area (Å²) in [5, 5.41) is 17.6. The number of benzene rings is 2. The van der Waals surface area contributed by atoms with Gasteiger partial charge in [0.2, 0.25) is 0 Å². The van der Waals surface area contributed by atoms with Crippen molar-refractivity contribution in [1.82, 2.24) is 30.0 Å². The van der Waals surface area contributed by atoms with Gasteiger partial charge in [-0.2, -0.15) is 10.4 Å². The normalized spacial score (nSPS) is 15.7. The number of amides is 1. The second-order valence-electron chi connectivity index (χ2n) is 9.34. The van der Waals surface area contributed by atoms with E-state index in [-0.39, 0.29) is 11.9 Å². The summed E-state index contributed by atoms with van der Waals surface area (Å²) in [7, 11) is 1.55. The van der Waals surface area contributed by atoms with Gasteiger partial charge in [0, 0.05) is 31.6 Å². The van der Waals surface area contributed by atoms with Crippen LogP contribution in [-0.2, 0) is 6.54 Å². The van der Waals surface area contributed by atoms with Crippen LogP contribution in [0.25, 0.3) is 22.3 Å². The summed E-state index contributed by atoms with van der Waals surface area (Å²) in [6.45, 7) is 2.92. The minimum absolute atomic E-state index is 0.137. The predicted octanol–water partition coefficient (Wildman–Crippen LogP) is 3.56. The van der Waals surface area contributed by atoms with Gasteiger partial charge >= 0.3 is 0 Å². The van der Waals surface area contributed by atoms with Crippen molar-refractivity contribution in [3.8, 4) is 23.1 Å². The number of rotatable bonds is 8. The zero-order valence-electron chi connectivity index (χ0n) is 21.3. The van der Waals surface area contributed by atoms with E-state index in [9.17, 15) is 4.79 Å². The number of fused-ring (bicyclic) bond motifs is 1. The Bertz CT molecular complexity index is 1470. The molecule has 10 nitrogen and oxygen atoms in total. The maximum atomic E-state index is 12.7. The molecule has 5 rings (SSSR count). The zero-order chi connectivity index (χ0) is 26.5. The van der Waals surface area contributed by atoms with Crippen LogP contribution in [-0.4, -0.2) is 57.3 Å². The maximum absolute atomic E-state index is 12.7. The van der Waals surface area contributed by atoms with Crippen LogP contribution in [0.4, 0.5) is 5.82 Å². The van der Waals surface area contributed by atoms with E-state index in [0.29, 0.717) is 35.7 Å². The molecule has 0 bridgehead atoms. The summed E-state index contributed by atoms with van der Waals surface area (Å²) in [6.07, 6.45) is 4.00. The van der Waals surface area contributed by atoms with E-state index in [4.69, 9.17) is 20.8 Å². The Labute approximate surface area is 221 Å². The van der Waals surface area contributed by atoms with E-state index in [0.717, 1.165) is 54.7 Å². The number of nitrogens with two attached hydrogens (primary N) is 1. The Morgan fingerprint density at radius 2 is 2.03 bits per heavy atom. The van der Waals surface area contributed by atoms with Crippen LogP contribution < -0.4 is 15.8 Å². The molecular formula is C28H30N8O2.